The Morgan fingerprint density at radius 1 is 1.11 bits per heavy atom. The van der Waals surface area contributed by atoms with Gasteiger partial charge in [0.25, 0.3) is 0 Å². The number of hydrogen-bond acceptors (Lipinski definition) is 1. The number of carbonyl (C=O) groups excluding carboxylic acids is 1. The van der Waals surface area contributed by atoms with Gasteiger partial charge in [-0.25, -0.2) is 0 Å². The maximum Gasteiger partial charge on any atom is 0.211 e. The first-order chi connectivity index (χ1) is 13.2. The van der Waals surface area contributed by atoms with Crippen molar-refractivity contribution in [3.05, 3.63) is 47.1 Å². The number of unbranched alkanes of at least 4 members (excludes halogenated alkanes) is 4. The van der Waals surface area contributed by atoms with Gasteiger partial charge in [0.05, 0.1) is 0 Å². The van der Waals surface area contributed by atoms with Crippen LogP contribution in [0.4, 0.5) is 5.69 Å². The second-order valence-corrected chi connectivity index (χ2v) is 8.45. The van der Waals surface area contributed by atoms with Gasteiger partial charge < -0.3 is 5.32 Å². The molecule has 2 aliphatic rings. The van der Waals surface area contributed by atoms with E-state index in [0.717, 1.165) is 12.1 Å². The summed E-state index contributed by atoms with van der Waals surface area (Å²) < 4.78 is 0. The fraction of sp³-hybridized carbons (Fsp3) is 0.560. The predicted octanol–water partition coefficient (Wildman–Crippen LogP) is 7.02. The third kappa shape index (κ3) is 3.90. The lowest BCUT2D eigenvalue weighted by Gasteiger charge is -2.36. The van der Waals surface area contributed by atoms with Crippen molar-refractivity contribution in [2.45, 2.75) is 84.0 Å². The number of fused-ring (bicyclic) bond motifs is 2. The van der Waals surface area contributed by atoms with Crippen LogP contribution in [0.25, 0.3) is 5.57 Å². The minimum atomic E-state index is 0.161. The highest BCUT2D eigenvalue weighted by Gasteiger charge is 2.44. The highest BCUT2D eigenvalue weighted by atomic mass is 16.1. The maximum absolute atomic E-state index is 11.0. The maximum atomic E-state index is 11.0. The Labute approximate surface area is 165 Å². The van der Waals surface area contributed by atoms with Gasteiger partial charge in [0.2, 0.25) is 6.41 Å². The quantitative estimate of drug-likeness (QED) is 0.350. The molecule has 1 aromatic carbocycles. The van der Waals surface area contributed by atoms with Crippen molar-refractivity contribution in [2.24, 2.45) is 5.92 Å². The van der Waals surface area contributed by atoms with E-state index >= 15 is 0 Å². The molecule has 2 heteroatoms. The van der Waals surface area contributed by atoms with Crippen LogP contribution < -0.4 is 5.32 Å². The lowest BCUT2D eigenvalue weighted by atomic mass is 9.67. The highest BCUT2D eigenvalue weighted by Crippen LogP contribution is 2.56. The van der Waals surface area contributed by atoms with E-state index in [0.29, 0.717) is 5.92 Å². The number of rotatable bonds is 10. The number of carbonyl (C=O) groups is 1. The SMILES string of the molecule is CCCCCC1(CCCCC)C2=C(C=CC(C)C2)c2ccc(NC=O)cc21. The Balaban J connectivity index is 2.08. The Bertz CT molecular complexity index is 718. The largest absolute Gasteiger partial charge is 0.329 e. The van der Waals surface area contributed by atoms with E-state index in [1.165, 1.54) is 74.5 Å². The molecule has 27 heavy (non-hydrogen) atoms. The zero-order valence-electron chi connectivity index (χ0n) is 17.3. The molecule has 146 valence electrons. The van der Waals surface area contributed by atoms with Crippen LogP contribution >= 0.6 is 0 Å². The van der Waals surface area contributed by atoms with Crippen molar-refractivity contribution in [2.75, 3.05) is 5.32 Å². The Hall–Kier alpha value is -1.83. The third-order valence-corrected chi connectivity index (χ3v) is 6.49. The topological polar surface area (TPSA) is 29.1 Å². The van der Waals surface area contributed by atoms with Crippen LogP contribution in [0.1, 0.15) is 89.7 Å². The molecule has 0 heterocycles. The average molecular weight is 366 g/mol. The van der Waals surface area contributed by atoms with Crippen LogP contribution in [0, 0.1) is 5.92 Å². The molecule has 1 unspecified atom stereocenters. The molecule has 0 fully saturated rings. The normalized spacial score (nSPS) is 19.7. The van der Waals surface area contributed by atoms with Gasteiger partial charge >= 0.3 is 0 Å². The highest BCUT2D eigenvalue weighted by molar-refractivity contribution is 5.88. The van der Waals surface area contributed by atoms with Crippen molar-refractivity contribution < 1.29 is 4.79 Å². The second-order valence-electron chi connectivity index (χ2n) is 8.45. The van der Waals surface area contributed by atoms with E-state index in [9.17, 15) is 4.79 Å². The summed E-state index contributed by atoms with van der Waals surface area (Å²) in [6, 6.07) is 6.55. The molecule has 0 saturated carbocycles. The summed E-state index contributed by atoms with van der Waals surface area (Å²) in [5.41, 5.74) is 7.09. The Morgan fingerprint density at radius 3 is 2.44 bits per heavy atom. The second kappa shape index (κ2) is 8.91. The smallest absolute Gasteiger partial charge is 0.211 e. The fourth-order valence-electron chi connectivity index (χ4n) is 5.11. The third-order valence-electron chi connectivity index (χ3n) is 6.49. The first-order valence-electron chi connectivity index (χ1n) is 10.9. The van der Waals surface area contributed by atoms with E-state index in [1.54, 1.807) is 5.57 Å². The van der Waals surface area contributed by atoms with Crippen LogP contribution in [0.3, 0.4) is 0 Å². The van der Waals surface area contributed by atoms with Gasteiger partial charge in [0, 0.05) is 11.1 Å². The predicted molar refractivity (Wildman–Crippen MR) is 116 cm³/mol. The van der Waals surface area contributed by atoms with Crippen molar-refractivity contribution in [3.8, 4) is 0 Å². The summed E-state index contributed by atoms with van der Waals surface area (Å²) in [6.07, 6.45) is 16.9. The molecule has 2 nitrogen and oxygen atoms in total. The van der Waals surface area contributed by atoms with Crippen molar-refractivity contribution in [3.63, 3.8) is 0 Å². The Kier molecular flexibility index (Phi) is 6.57. The van der Waals surface area contributed by atoms with E-state index in [1.807, 2.05) is 0 Å². The van der Waals surface area contributed by atoms with Gasteiger partial charge in [0.15, 0.2) is 0 Å². The standard InChI is InChI=1S/C25H35NO/c1-4-6-8-14-25(15-9-7-5-2)23-16-19(3)10-12-21(23)22-13-11-20(26-18-27)17-24(22)25/h10-13,17-19H,4-9,14-16H2,1-3H3,(H,26,27). The zero-order valence-corrected chi connectivity index (χ0v) is 17.3. The lowest BCUT2D eigenvalue weighted by Crippen LogP contribution is -2.28. The molecular weight excluding hydrogens is 330 g/mol. The number of nitrogens with one attached hydrogen (secondary N) is 1. The molecule has 0 radical (unpaired) electrons. The summed E-state index contributed by atoms with van der Waals surface area (Å²) in [7, 11) is 0. The molecule has 1 aromatic rings. The van der Waals surface area contributed by atoms with Crippen molar-refractivity contribution in [1.29, 1.82) is 0 Å². The summed E-state index contributed by atoms with van der Waals surface area (Å²) in [5, 5.41) is 2.88. The molecule has 1 N–H and O–H groups in total. The van der Waals surface area contributed by atoms with Gasteiger partial charge in [-0.1, -0.05) is 83.1 Å². The molecule has 1 atom stereocenters. The summed E-state index contributed by atoms with van der Waals surface area (Å²) in [4.78, 5) is 11.0. The number of anilines is 1. The van der Waals surface area contributed by atoms with Crippen molar-refractivity contribution >= 4 is 17.7 Å². The van der Waals surface area contributed by atoms with Gasteiger partial charge in [0.1, 0.15) is 0 Å². The molecule has 2 aliphatic carbocycles. The molecule has 0 saturated heterocycles. The van der Waals surface area contributed by atoms with E-state index in [4.69, 9.17) is 0 Å². The van der Waals surface area contributed by atoms with E-state index in [2.05, 4.69) is 56.4 Å². The number of benzene rings is 1. The zero-order chi connectivity index (χ0) is 19.3. The fourth-order valence-corrected chi connectivity index (χ4v) is 5.11. The van der Waals surface area contributed by atoms with Crippen molar-refractivity contribution in [1.82, 2.24) is 0 Å². The van der Waals surface area contributed by atoms with Crippen LogP contribution in [-0.2, 0) is 10.2 Å². The van der Waals surface area contributed by atoms with Crippen LogP contribution in [-0.4, -0.2) is 6.41 Å². The lowest BCUT2D eigenvalue weighted by molar-refractivity contribution is -0.105. The van der Waals surface area contributed by atoms with E-state index < -0.39 is 0 Å². The number of hydrogen-bond donors (Lipinski definition) is 1. The Morgan fingerprint density at radius 2 is 1.81 bits per heavy atom. The van der Waals surface area contributed by atoms with Gasteiger partial charge in [-0.15, -0.1) is 0 Å². The van der Waals surface area contributed by atoms with Crippen LogP contribution in [0.15, 0.2) is 35.9 Å². The molecule has 0 bridgehead atoms. The monoisotopic (exact) mass is 365 g/mol. The molecule has 0 aliphatic heterocycles. The first kappa shape index (κ1) is 19.9. The molecule has 0 aromatic heterocycles. The minimum Gasteiger partial charge on any atom is -0.329 e. The van der Waals surface area contributed by atoms with Crippen LogP contribution in [0.2, 0.25) is 0 Å². The van der Waals surface area contributed by atoms with Gasteiger partial charge in [-0.05, 0) is 54.0 Å². The number of amides is 1. The summed E-state index contributed by atoms with van der Waals surface area (Å²) >= 11 is 0. The number of allylic oxidation sites excluding steroid dienone is 4. The van der Waals surface area contributed by atoms with Gasteiger partial charge in [-0.3, -0.25) is 4.79 Å². The van der Waals surface area contributed by atoms with Crippen LogP contribution in [0.5, 0.6) is 0 Å². The molecule has 3 rings (SSSR count). The average Bonchev–Trinajstić information content (AvgIpc) is 2.92. The first-order valence-corrected chi connectivity index (χ1v) is 10.9. The molecule has 1 amide bonds. The van der Waals surface area contributed by atoms with E-state index in [-0.39, 0.29) is 5.41 Å². The summed E-state index contributed by atoms with van der Waals surface area (Å²) in [6.45, 7) is 6.91. The summed E-state index contributed by atoms with van der Waals surface area (Å²) in [5.74, 6) is 0.613. The van der Waals surface area contributed by atoms with Gasteiger partial charge in [-0.2, -0.15) is 0 Å². The molecular formula is C25H35NO. The minimum absolute atomic E-state index is 0.161. The molecule has 0 spiro atoms.